The first kappa shape index (κ1) is 28.9. The zero-order valence-electron chi connectivity index (χ0n) is 20.9. The van der Waals surface area contributed by atoms with Crippen LogP contribution in [0.1, 0.15) is 48.2 Å². The molecule has 1 amide bonds. The average molecular weight is 586 g/mol. The number of carbonyl (C=O) groups is 1. The van der Waals surface area contributed by atoms with Crippen molar-refractivity contribution in [2.45, 2.75) is 57.3 Å². The molecule has 2 atom stereocenters. The molecule has 0 spiro atoms. The lowest BCUT2D eigenvalue weighted by Crippen LogP contribution is -2.45. The molecular weight excluding hydrogens is 559 g/mol. The van der Waals surface area contributed by atoms with Gasteiger partial charge in [-0.05, 0) is 56.2 Å². The number of benzene rings is 2. The molecule has 3 aromatic rings. The predicted molar refractivity (Wildman–Crippen MR) is 140 cm³/mol. The van der Waals surface area contributed by atoms with Crippen molar-refractivity contribution in [1.82, 2.24) is 15.1 Å². The zero-order valence-corrected chi connectivity index (χ0v) is 22.5. The monoisotopic (exact) mass is 585 g/mol. The Morgan fingerprint density at radius 2 is 1.82 bits per heavy atom. The summed E-state index contributed by atoms with van der Waals surface area (Å²) in [6, 6.07) is 12.1. The van der Waals surface area contributed by atoms with Crippen molar-refractivity contribution in [2.24, 2.45) is 0 Å². The van der Waals surface area contributed by atoms with Gasteiger partial charge in [0.25, 0.3) is 5.91 Å². The Bertz CT molecular complexity index is 1440. The van der Waals surface area contributed by atoms with Crippen molar-refractivity contribution in [3.63, 3.8) is 0 Å². The smallest absolute Gasteiger partial charge is 0.390 e. The second-order valence-electron chi connectivity index (χ2n) is 9.35. The molecule has 39 heavy (non-hydrogen) atoms. The molecule has 1 heterocycles. The third-order valence-electron chi connectivity index (χ3n) is 6.45. The molecule has 0 aliphatic heterocycles. The van der Waals surface area contributed by atoms with Gasteiger partial charge in [0.05, 0.1) is 40.7 Å². The van der Waals surface area contributed by atoms with Gasteiger partial charge < -0.3 is 14.6 Å². The van der Waals surface area contributed by atoms with E-state index >= 15 is 0 Å². The number of amides is 1. The number of para-hydroxylation sites is 1. The number of hydrogen-bond donors (Lipinski definition) is 2. The van der Waals surface area contributed by atoms with Gasteiger partial charge in [-0.2, -0.15) is 26.7 Å². The average Bonchev–Trinajstić information content (AvgIpc) is 3.21. The van der Waals surface area contributed by atoms with Crippen molar-refractivity contribution in [3.8, 4) is 22.7 Å². The summed E-state index contributed by atoms with van der Waals surface area (Å²) in [6.07, 6.45) is -3.77. The van der Waals surface area contributed by atoms with Crippen LogP contribution in [-0.2, 0) is 10.1 Å². The maximum atomic E-state index is 13.2. The summed E-state index contributed by atoms with van der Waals surface area (Å²) in [4.78, 5) is 13.2. The first-order chi connectivity index (χ1) is 18.3. The number of aliphatic hydroxyl groups excluding tert-OH is 1. The normalized spacial score (nSPS) is 18.1. The summed E-state index contributed by atoms with van der Waals surface area (Å²) in [6.45, 7) is 1.70. The Morgan fingerprint density at radius 1 is 1.15 bits per heavy atom. The summed E-state index contributed by atoms with van der Waals surface area (Å²) in [7, 11) is -4.46. The van der Waals surface area contributed by atoms with Crippen LogP contribution in [0.2, 0.25) is 5.02 Å². The molecule has 2 N–H and O–H groups in total. The van der Waals surface area contributed by atoms with E-state index in [1.165, 1.54) is 28.9 Å². The van der Waals surface area contributed by atoms with Crippen LogP contribution in [0.5, 0.6) is 5.75 Å². The van der Waals surface area contributed by atoms with Crippen LogP contribution < -0.4 is 9.50 Å². The van der Waals surface area contributed by atoms with Gasteiger partial charge in [0.1, 0.15) is 5.75 Å². The summed E-state index contributed by atoms with van der Waals surface area (Å²) in [5, 5.41) is 18.1. The summed E-state index contributed by atoms with van der Waals surface area (Å²) < 4.78 is 67.6. The van der Waals surface area contributed by atoms with Crippen LogP contribution in [0, 0.1) is 6.92 Å². The molecule has 0 radical (unpaired) electrons. The van der Waals surface area contributed by atoms with Gasteiger partial charge >= 0.3 is 16.3 Å². The highest BCUT2D eigenvalue weighted by atomic mass is 35.5. The molecule has 1 saturated carbocycles. The minimum Gasteiger partial charge on any atom is -0.391 e. The fraction of sp³-hybridized carbons (Fsp3) is 0.385. The van der Waals surface area contributed by atoms with Gasteiger partial charge in [-0.15, -0.1) is 0 Å². The number of rotatable bonds is 8. The molecule has 4 rings (SSSR count). The molecule has 1 aromatic heterocycles. The fourth-order valence-corrected chi connectivity index (χ4v) is 5.65. The van der Waals surface area contributed by atoms with E-state index in [-0.39, 0.29) is 11.4 Å². The van der Waals surface area contributed by atoms with Gasteiger partial charge in [-0.3, -0.25) is 4.79 Å². The molecule has 13 heteroatoms. The summed E-state index contributed by atoms with van der Waals surface area (Å²) in [5.41, 5.74) is 2.13. The maximum absolute atomic E-state index is 13.2. The molecule has 1 fully saturated rings. The topological polar surface area (TPSA) is 111 Å². The van der Waals surface area contributed by atoms with Crippen molar-refractivity contribution < 1.29 is 35.7 Å². The zero-order chi connectivity index (χ0) is 28.4. The Hall–Kier alpha value is -3.09. The van der Waals surface area contributed by atoms with Crippen LogP contribution in [0.15, 0.2) is 48.5 Å². The Balaban J connectivity index is 1.67. The van der Waals surface area contributed by atoms with E-state index in [2.05, 4.69) is 10.4 Å². The lowest BCUT2D eigenvalue weighted by Gasteiger charge is -2.28. The second kappa shape index (κ2) is 11.6. The molecule has 8 nitrogen and oxygen atoms in total. The first-order valence-electron chi connectivity index (χ1n) is 12.3. The maximum Gasteiger partial charge on any atom is 0.390 e. The third kappa shape index (κ3) is 7.11. The molecular formula is C26H27ClF3N3O5S. The minimum atomic E-state index is -4.63. The van der Waals surface area contributed by atoms with Gasteiger partial charge in [0.15, 0.2) is 5.69 Å². The molecule has 210 valence electrons. The minimum absolute atomic E-state index is 0.123. The van der Waals surface area contributed by atoms with Gasteiger partial charge in [0.2, 0.25) is 0 Å². The fourth-order valence-electron chi connectivity index (χ4n) is 4.46. The summed E-state index contributed by atoms with van der Waals surface area (Å²) >= 11 is 6.43. The van der Waals surface area contributed by atoms with Gasteiger partial charge in [-0.1, -0.05) is 36.6 Å². The third-order valence-corrected chi connectivity index (χ3v) is 7.92. The van der Waals surface area contributed by atoms with E-state index in [1.807, 2.05) is 0 Å². The highest BCUT2D eigenvalue weighted by Gasteiger charge is 2.31. The number of alkyl halides is 3. The number of nitrogens with one attached hydrogen (secondary N) is 1. The molecule has 1 aliphatic carbocycles. The van der Waals surface area contributed by atoms with E-state index in [4.69, 9.17) is 15.8 Å². The number of nitrogens with zero attached hydrogens (tertiary/aromatic N) is 2. The van der Waals surface area contributed by atoms with Crippen molar-refractivity contribution in [3.05, 3.63) is 64.8 Å². The van der Waals surface area contributed by atoms with Crippen molar-refractivity contribution in [2.75, 3.05) is 5.75 Å². The largest absolute Gasteiger partial charge is 0.391 e. The SMILES string of the molecule is Cc1c(C(=O)N[C@H]2CCCC[C@H]2O)nn(-c2ccccc2Cl)c1-c1ccc(OS(=O)(=O)CCC(F)(F)F)cc1. The van der Waals surface area contributed by atoms with E-state index < -0.39 is 46.5 Å². The van der Waals surface area contributed by atoms with Crippen molar-refractivity contribution >= 4 is 27.6 Å². The second-order valence-corrected chi connectivity index (χ2v) is 11.4. The molecule has 2 aromatic carbocycles. The Kier molecular flexibility index (Phi) is 8.57. The van der Waals surface area contributed by atoms with Crippen LogP contribution >= 0.6 is 11.6 Å². The van der Waals surface area contributed by atoms with Crippen LogP contribution in [0.3, 0.4) is 0 Å². The van der Waals surface area contributed by atoms with E-state index in [0.717, 1.165) is 12.8 Å². The predicted octanol–water partition coefficient (Wildman–Crippen LogP) is 5.20. The van der Waals surface area contributed by atoms with Crippen molar-refractivity contribution in [1.29, 1.82) is 0 Å². The number of hydrogen-bond acceptors (Lipinski definition) is 6. The highest BCUT2D eigenvalue weighted by Crippen LogP contribution is 2.33. The summed E-state index contributed by atoms with van der Waals surface area (Å²) in [5.74, 6) is -1.82. The van der Waals surface area contributed by atoms with Gasteiger partial charge in [-0.25, -0.2) is 4.68 Å². The first-order valence-corrected chi connectivity index (χ1v) is 14.2. The Labute approximate surface area is 228 Å². The number of aliphatic hydroxyl groups is 1. The highest BCUT2D eigenvalue weighted by molar-refractivity contribution is 7.87. The number of carbonyl (C=O) groups excluding carboxylic acids is 1. The lowest BCUT2D eigenvalue weighted by atomic mass is 9.92. The standard InChI is InChI=1S/C26H27ClF3N3O5S/c1-16-23(25(35)31-20-7-3-5-9-22(20)34)32-33(21-8-4-2-6-19(21)27)24(16)17-10-12-18(13-11-17)38-39(36,37)15-14-26(28,29)30/h2,4,6,8,10-13,20,22,34H,3,5,7,9,14-15H2,1H3,(H,31,35)/t20-,22+/m0/s1. The van der Waals surface area contributed by atoms with E-state index in [0.29, 0.717) is 40.4 Å². The quantitative estimate of drug-likeness (QED) is 0.352. The van der Waals surface area contributed by atoms with E-state index in [1.54, 1.807) is 31.2 Å². The van der Waals surface area contributed by atoms with Crippen LogP contribution in [0.4, 0.5) is 13.2 Å². The lowest BCUT2D eigenvalue weighted by molar-refractivity contribution is -0.130. The Morgan fingerprint density at radius 3 is 2.46 bits per heavy atom. The molecule has 0 unspecified atom stereocenters. The number of halogens is 4. The van der Waals surface area contributed by atoms with Crippen LogP contribution in [0.25, 0.3) is 16.9 Å². The van der Waals surface area contributed by atoms with Gasteiger partial charge in [0, 0.05) is 11.1 Å². The van der Waals surface area contributed by atoms with Crippen LogP contribution in [-0.4, -0.2) is 53.3 Å². The van der Waals surface area contributed by atoms with E-state index in [9.17, 15) is 31.5 Å². The molecule has 1 aliphatic rings. The molecule has 0 saturated heterocycles. The number of aromatic nitrogens is 2. The molecule has 0 bridgehead atoms.